The molecule has 22 heavy (non-hydrogen) atoms. The van der Waals surface area contributed by atoms with Gasteiger partial charge in [0.2, 0.25) is 0 Å². The van der Waals surface area contributed by atoms with E-state index in [0.717, 1.165) is 0 Å². The van der Waals surface area contributed by atoms with Crippen LogP contribution in [0.1, 0.15) is 32.1 Å². The van der Waals surface area contributed by atoms with Crippen molar-refractivity contribution < 1.29 is 40.2 Å². The highest BCUT2D eigenvalue weighted by Gasteiger charge is 2.24. The molecular formula is C12H22N3O7+. The van der Waals surface area contributed by atoms with Crippen molar-refractivity contribution in [1.29, 1.82) is 0 Å². The Morgan fingerprint density at radius 1 is 0.864 bits per heavy atom. The second-order valence-corrected chi connectivity index (χ2v) is 4.68. The van der Waals surface area contributed by atoms with Crippen LogP contribution in [0.4, 0.5) is 4.79 Å². The summed E-state index contributed by atoms with van der Waals surface area (Å²) in [5, 5.41) is 30.6. The molecule has 0 aromatic carbocycles. The third-order valence-corrected chi connectivity index (χ3v) is 2.85. The number of quaternary nitrogens is 1. The van der Waals surface area contributed by atoms with Gasteiger partial charge in [-0.2, -0.15) is 0 Å². The summed E-state index contributed by atoms with van der Waals surface area (Å²) >= 11 is 0. The number of nitrogens with one attached hydrogen (secondary N) is 2. The molecule has 10 nitrogen and oxygen atoms in total. The first-order valence-corrected chi connectivity index (χ1v) is 6.81. The molecule has 0 aliphatic heterocycles. The first kappa shape index (κ1) is 19.6. The monoisotopic (exact) mass is 320 g/mol. The summed E-state index contributed by atoms with van der Waals surface area (Å²) in [6.45, 7) is 0.648. The van der Waals surface area contributed by atoms with Crippen LogP contribution in [0.5, 0.6) is 0 Å². The highest BCUT2D eigenvalue weighted by Crippen LogP contribution is 2.02. The summed E-state index contributed by atoms with van der Waals surface area (Å²) in [5.74, 6) is -3.80. The number of unbranched alkanes of at least 4 members (excludes halogenated alkanes) is 1. The van der Waals surface area contributed by atoms with Gasteiger partial charge in [-0.25, -0.2) is 14.4 Å². The summed E-state index contributed by atoms with van der Waals surface area (Å²) in [6, 6.07) is -3.49. The van der Waals surface area contributed by atoms with Gasteiger partial charge in [-0.1, -0.05) is 0 Å². The van der Waals surface area contributed by atoms with Crippen molar-refractivity contribution in [3.8, 4) is 0 Å². The average molecular weight is 320 g/mol. The lowest BCUT2D eigenvalue weighted by molar-refractivity contribution is -0.368. The van der Waals surface area contributed by atoms with Crippen molar-refractivity contribution >= 4 is 23.9 Å². The van der Waals surface area contributed by atoms with E-state index >= 15 is 0 Å². The van der Waals surface area contributed by atoms with Gasteiger partial charge in [-0.15, -0.1) is 0 Å². The van der Waals surface area contributed by atoms with Crippen LogP contribution in [0.15, 0.2) is 0 Å². The van der Waals surface area contributed by atoms with E-state index in [-0.39, 0.29) is 12.8 Å². The number of carbonyl (C=O) groups is 4. The first-order chi connectivity index (χ1) is 10.3. The molecule has 0 aliphatic carbocycles. The second-order valence-electron chi connectivity index (χ2n) is 4.68. The van der Waals surface area contributed by atoms with Gasteiger partial charge in [0.15, 0.2) is 0 Å². The number of hydrogen-bond donors (Lipinski definition) is 6. The molecule has 0 radical (unpaired) electrons. The summed E-state index contributed by atoms with van der Waals surface area (Å²) in [5.41, 5.74) is 3.62. The molecule has 2 amide bonds. The second kappa shape index (κ2) is 10.4. The summed E-state index contributed by atoms with van der Waals surface area (Å²) in [6.07, 6.45) is 0.747. The van der Waals surface area contributed by atoms with Gasteiger partial charge in [-0.05, 0) is 25.7 Å². The lowest BCUT2D eigenvalue weighted by Crippen LogP contribution is -2.51. The van der Waals surface area contributed by atoms with E-state index < -0.39 is 42.4 Å². The van der Waals surface area contributed by atoms with E-state index in [9.17, 15) is 19.2 Å². The minimum atomic E-state index is -1.40. The molecule has 10 heteroatoms. The summed E-state index contributed by atoms with van der Waals surface area (Å²) < 4.78 is 0. The molecule has 0 bridgehead atoms. The topological polar surface area (TPSA) is 181 Å². The molecule has 0 saturated carbocycles. The highest BCUT2D eigenvalue weighted by atomic mass is 16.4. The van der Waals surface area contributed by atoms with Crippen LogP contribution in [0.3, 0.4) is 0 Å². The number of aliphatic carboxylic acids is 3. The molecule has 0 spiro atoms. The molecule has 0 heterocycles. The zero-order valence-corrected chi connectivity index (χ0v) is 12.1. The van der Waals surface area contributed by atoms with Crippen molar-refractivity contribution in [3.63, 3.8) is 0 Å². The van der Waals surface area contributed by atoms with Crippen molar-refractivity contribution in [3.05, 3.63) is 0 Å². The van der Waals surface area contributed by atoms with Gasteiger partial charge in [0.1, 0.15) is 12.1 Å². The molecule has 8 N–H and O–H groups in total. The van der Waals surface area contributed by atoms with Gasteiger partial charge in [0.05, 0.1) is 6.54 Å². The fourth-order valence-electron chi connectivity index (χ4n) is 1.67. The van der Waals surface area contributed by atoms with Crippen molar-refractivity contribution in [2.75, 3.05) is 6.54 Å². The van der Waals surface area contributed by atoms with Crippen LogP contribution in [-0.4, -0.2) is 57.9 Å². The zero-order chi connectivity index (χ0) is 17.1. The summed E-state index contributed by atoms with van der Waals surface area (Å²) in [7, 11) is 0. The van der Waals surface area contributed by atoms with Crippen molar-refractivity contribution in [2.45, 2.75) is 44.2 Å². The number of carbonyl (C=O) groups excluding carboxylic acids is 1. The largest absolute Gasteiger partial charge is 0.481 e. The molecule has 0 rings (SSSR count). The number of carboxylic acid groups (broad SMARTS) is 3. The molecule has 0 aromatic heterocycles. The SMILES string of the molecule is [NH3+]CCCCC(NC(=O)NC(CCC(=O)O)C(=O)O)C(=O)O. The van der Waals surface area contributed by atoms with Crippen LogP contribution in [-0.2, 0) is 14.4 Å². The number of hydrogen-bond acceptors (Lipinski definition) is 4. The molecule has 0 aliphatic rings. The molecule has 2 atom stereocenters. The Balaban J connectivity index is 4.47. The van der Waals surface area contributed by atoms with E-state index in [0.29, 0.717) is 19.4 Å². The van der Waals surface area contributed by atoms with Gasteiger partial charge in [0, 0.05) is 6.42 Å². The summed E-state index contributed by atoms with van der Waals surface area (Å²) in [4.78, 5) is 44.0. The maximum atomic E-state index is 11.6. The maximum Gasteiger partial charge on any atom is 0.326 e. The Morgan fingerprint density at radius 2 is 1.36 bits per heavy atom. The normalized spacial score (nSPS) is 13.0. The van der Waals surface area contributed by atoms with E-state index in [1.807, 2.05) is 0 Å². The van der Waals surface area contributed by atoms with Crippen LogP contribution < -0.4 is 16.4 Å². The van der Waals surface area contributed by atoms with Gasteiger partial charge < -0.3 is 31.7 Å². The molecule has 0 fully saturated rings. The Labute approximate surface area is 126 Å². The predicted molar refractivity (Wildman–Crippen MR) is 73.0 cm³/mol. The van der Waals surface area contributed by atoms with E-state index in [1.165, 1.54) is 0 Å². The maximum absolute atomic E-state index is 11.6. The molecule has 0 aromatic rings. The van der Waals surface area contributed by atoms with Crippen LogP contribution >= 0.6 is 0 Å². The smallest absolute Gasteiger partial charge is 0.326 e. The van der Waals surface area contributed by atoms with E-state index in [1.54, 1.807) is 0 Å². The number of carboxylic acids is 3. The Bertz CT molecular complexity index is 414. The Hall–Kier alpha value is -2.36. The quantitative estimate of drug-likeness (QED) is 0.250. The van der Waals surface area contributed by atoms with Gasteiger partial charge >= 0.3 is 23.9 Å². The molecule has 126 valence electrons. The number of urea groups is 1. The van der Waals surface area contributed by atoms with Crippen LogP contribution in [0, 0.1) is 0 Å². The molecular weight excluding hydrogens is 298 g/mol. The minimum absolute atomic E-state index is 0.200. The lowest BCUT2D eigenvalue weighted by Gasteiger charge is -2.18. The number of amides is 2. The van der Waals surface area contributed by atoms with Gasteiger partial charge in [-0.3, -0.25) is 4.79 Å². The van der Waals surface area contributed by atoms with Crippen molar-refractivity contribution in [1.82, 2.24) is 10.6 Å². The zero-order valence-electron chi connectivity index (χ0n) is 12.1. The fourth-order valence-corrected chi connectivity index (χ4v) is 1.67. The third-order valence-electron chi connectivity index (χ3n) is 2.85. The first-order valence-electron chi connectivity index (χ1n) is 6.81. The Kier molecular flexibility index (Phi) is 9.27. The highest BCUT2D eigenvalue weighted by molar-refractivity contribution is 5.86. The number of rotatable bonds is 11. The van der Waals surface area contributed by atoms with Crippen molar-refractivity contribution in [2.24, 2.45) is 0 Å². The van der Waals surface area contributed by atoms with Gasteiger partial charge in [0.25, 0.3) is 0 Å². The van der Waals surface area contributed by atoms with Crippen LogP contribution in [0.25, 0.3) is 0 Å². The molecule has 0 saturated heterocycles. The Morgan fingerprint density at radius 3 is 1.77 bits per heavy atom. The standard InChI is InChI=1S/C12H21N3O7/c13-6-2-1-3-7(10(18)19)14-12(22)15-8(11(20)21)4-5-9(16)17/h7-8H,1-6,13H2,(H,16,17)(H,18,19)(H,20,21)(H2,14,15,22)/p+1. The van der Waals surface area contributed by atoms with Crippen LogP contribution in [0.2, 0.25) is 0 Å². The minimum Gasteiger partial charge on any atom is -0.481 e. The lowest BCUT2D eigenvalue weighted by atomic mass is 10.1. The molecule has 2 unspecified atom stereocenters. The van der Waals surface area contributed by atoms with E-state index in [2.05, 4.69) is 16.4 Å². The van der Waals surface area contributed by atoms with E-state index in [4.69, 9.17) is 15.3 Å². The fraction of sp³-hybridized carbons (Fsp3) is 0.667. The third kappa shape index (κ3) is 8.74. The average Bonchev–Trinajstić information content (AvgIpc) is 2.41. The predicted octanol–water partition coefficient (Wildman–Crippen LogP) is -1.53.